The van der Waals surface area contributed by atoms with E-state index in [2.05, 4.69) is 34.5 Å². The van der Waals surface area contributed by atoms with Gasteiger partial charge < -0.3 is 19.8 Å². The second kappa shape index (κ2) is 11.6. The predicted molar refractivity (Wildman–Crippen MR) is 134 cm³/mol. The van der Waals surface area contributed by atoms with E-state index in [1.807, 2.05) is 12.1 Å². The van der Waals surface area contributed by atoms with Crippen molar-refractivity contribution in [2.45, 2.75) is 51.0 Å². The monoisotopic (exact) mass is 579 g/mol. The summed E-state index contributed by atoms with van der Waals surface area (Å²) >= 11 is 0. The molecule has 2 unspecified atom stereocenters. The highest BCUT2D eigenvalue weighted by Gasteiger charge is 2.40. The zero-order chi connectivity index (χ0) is 30.1. The number of piperidine rings is 1. The lowest BCUT2D eigenvalue weighted by atomic mass is 10.0. The summed E-state index contributed by atoms with van der Waals surface area (Å²) < 4.78 is 33.2. The third-order valence-electron chi connectivity index (χ3n) is 7.30. The predicted octanol–water partition coefficient (Wildman–Crippen LogP) is 0.828. The number of imide groups is 1. The van der Waals surface area contributed by atoms with Crippen LogP contribution in [0.25, 0.3) is 5.69 Å². The van der Waals surface area contributed by atoms with Gasteiger partial charge in [-0.05, 0) is 44.1 Å². The summed E-state index contributed by atoms with van der Waals surface area (Å²) in [4.78, 5) is 64.1. The maximum atomic E-state index is 13.1. The first-order valence-corrected chi connectivity index (χ1v) is 12.8. The van der Waals surface area contributed by atoms with Crippen LogP contribution in [-0.4, -0.2) is 109 Å². The number of benzene rings is 1. The summed E-state index contributed by atoms with van der Waals surface area (Å²) in [6.45, 7) is 4.69. The van der Waals surface area contributed by atoms with E-state index in [0.717, 1.165) is 18.5 Å². The number of rotatable bonds is 5. The van der Waals surface area contributed by atoms with Crippen LogP contribution in [0.5, 0.6) is 0 Å². The number of likely N-dealkylation sites (N-methyl/N-ethyl adjacent to an activating group) is 1. The number of nitrogens with one attached hydrogen (secondary N) is 1. The van der Waals surface area contributed by atoms with Gasteiger partial charge in [-0.25, -0.2) is 9.48 Å². The zero-order valence-corrected chi connectivity index (χ0v) is 22.2. The number of carboxylic acids is 1. The van der Waals surface area contributed by atoms with Crippen molar-refractivity contribution in [3.8, 4) is 5.69 Å². The molecular weight excluding hydrogens is 551 g/mol. The number of hydrogen-bond donors (Lipinski definition) is 2. The Kier molecular flexibility index (Phi) is 8.42. The highest BCUT2D eigenvalue weighted by Crippen LogP contribution is 2.29. The minimum atomic E-state index is -5.08. The van der Waals surface area contributed by atoms with Crippen molar-refractivity contribution in [3.05, 3.63) is 41.2 Å². The van der Waals surface area contributed by atoms with Crippen molar-refractivity contribution < 1.29 is 42.3 Å². The molecule has 3 aliphatic rings. The Bertz CT molecular complexity index is 1380. The largest absolute Gasteiger partial charge is 0.490 e. The molecule has 0 spiro atoms. The molecule has 0 saturated carbocycles. The van der Waals surface area contributed by atoms with Crippen LogP contribution in [0.4, 0.5) is 13.2 Å². The third kappa shape index (κ3) is 6.37. The number of carboxylic acid groups (broad SMARTS) is 1. The van der Waals surface area contributed by atoms with Crippen molar-refractivity contribution >= 4 is 29.6 Å². The topological polar surface area (TPSA) is 158 Å². The maximum absolute atomic E-state index is 13.1. The maximum Gasteiger partial charge on any atom is 0.490 e. The number of halogens is 3. The SMILES string of the molecule is CCN(C)C1CCN(C(=O)c2cn(-c3ccc4c(c3)C(=O)N(C3CCC(=O)NC3=O)C4)nn2)C1.O=C(O)C(F)(F)F. The van der Waals surface area contributed by atoms with Crippen LogP contribution in [0.3, 0.4) is 0 Å². The van der Waals surface area contributed by atoms with Crippen LogP contribution in [0.1, 0.15) is 52.6 Å². The summed E-state index contributed by atoms with van der Waals surface area (Å²) in [6.07, 6.45) is -2.04. The molecule has 0 bridgehead atoms. The van der Waals surface area contributed by atoms with E-state index < -0.39 is 24.1 Å². The van der Waals surface area contributed by atoms with E-state index in [4.69, 9.17) is 9.90 Å². The van der Waals surface area contributed by atoms with Gasteiger partial charge in [-0.3, -0.25) is 24.5 Å². The van der Waals surface area contributed by atoms with E-state index in [9.17, 15) is 32.3 Å². The number of nitrogens with zero attached hydrogens (tertiary/aromatic N) is 6. The molecule has 13 nitrogen and oxygen atoms in total. The van der Waals surface area contributed by atoms with Crippen molar-refractivity contribution in [1.29, 1.82) is 0 Å². The molecule has 1 aromatic carbocycles. The van der Waals surface area contributed by atoms with Crippen LogP contribution in [0.15, 0.2) is 24.4 Å². The van der Waals surface area contributed by atoms with Gasteiger partial charge in [0.25, 0.3) is 11.8 Å². The van der Waals surface area contributed by atoms with Crippen molar-refractivity contribution in [1.82, 2.24) is 35.0 Å². The van der Waals surface area contributed by atoms with Crippen LogP contribution in [0, 0.1) is 0 Å². The van der Waals surface area contributed by atoms with Crippen LogP contribution >= 0.6 is 0 Å². The third-order valence-corrected chi connectivity index (χ3v) is 7.30. The molecule has 2 atom stereocenters. The Labute approximate surface area is 231 Å². The Balaban J connectivity index is 0.000000493. The van der Waals surface area contributed by atoms with E-state index >= 15 is 0 Å². The summed E-state index contributed by atoms with van der Waals surface area (Å²) in [7, 11) is 2.06. The van der Waals surface area contributed by atoms with E-state index in [-0.39, 0.29) is 29.8 Å². The molecule has 0 radical (unpaired) electrons. The minimum Gasteiger partial charge on any atom is -0.475 e. The normalized spacial score (nSPS) is 20.6. The fourth-order valence-corrected chi connectivity index (χ4v) is 4.88. The number of aliphatic carboxylic acids is 1. The van der Waals surface area contributed by atoms with Gasteiger partial charge in [-0.15, -0.1) is 5.10 Å². The number of fused-ring (bicyclic) bond motifs is 1. The van der Waals surface area contributed by atoms with Crippen molar-refractivity contribution in [2.75, 3.05) is 26.7 Å². The molecule has 16 heteroatoms. The molecule has 1 aromatic heterocycles. The smallest absolute Gasteiger partial charge is 0.475 e. The Morgan fingerprint density at radius 2 is 1.90 bits per heavy atom. The van der Waals surface area contributed by atoms with Gasteiger partial charge in [0.1, 0.15) is 6.04 Å². The Hall–Kier alpha value is -4.34. The first kappa shape index (κ1) is 29.6. The Morgan fingerprint density at radius 1 is 1.20 bits per heavy atom. The van der Waals surface area contributed by atoms with Gasteiger partial charge in [0.15, 0.2) is 5.69 Å². The molecule has 0 aliphatic carbocycles. The van der Waals surface area contributed by atoms with E-state index in [0.29, 0.717) is 43.3 Å². The average Bonchev–Trinajstić information content (AvgIpc) is 3.67. The molecule has 3 aliphatic heterocycles. The molecule has 5 rings (SSSR count). The van der Waals surface area contributed by atoms with Crippen molar-refractivity contribution in [2.24, 2.45) is 0 Å². The molecular formula is C25H28F3N7O6. The number of alkyl halides is 3. The molecule has 2 saturated heterocycles. The lowest BCUT2D eigenvalue weighted by Gasteiger charge is -2.29. The molecule has 2 aromatic rings. The van der Waals surface area contributed by atoms with Gasteiger partial charge in [-0.2, -0.15) is 13.2 Å². The highest BCUT2D eigenvalue weighted by molar-refractivity contribution is 6.05. The van der Waals surface area contributed by atoms with Crippen molar-refractivity contribution in [3.63, 3.8) is 0 Å². The van der Waals surface area contributed by atoms with Crippen LogP contribution in [0.2, 0.25) is 0 Å². The number of carbonyl (C=O) groups is 5. The number of amides is 4. The quantitative estimate of drug-likeness (QED) is 0.490. The lowest BCUT2D eigenvalue weighted by Crippen LogP contribution is -2.52. The van der Waals surface area contributed by atoms with Crippen LogP contribution < -0.4 is 5.32 Å². The standard InChI is InChI=1S/C23H27N7O4.C2HF3O2/c1-3-27(2)16-8-9-28(12-16)23(34)18-13-30(26-25-18)15-5-4-14-11-29(22(33)17(14)10-15)19-6-7-20(31)24-21(19)32;3-2(4,5)1(6)7/h4-5,10,13,16,19H,3,6-9,11-12H2,1-2H3,(H,24,31,32);(H,6,7). The van der Waals surface area contributed by atoms with Gasteiger partial charge >= 0.3 is 12.1 Å². The molecule has 41 heavy (non-hydrogen) atoms. The second-order valence-corrected chi connectivity index (χ2v) is 9.86. The summed E-state index contributed by atoms with van der Waals surface area (Å²) in [5.41, 5.74) is 2.15. The first-order valence-electron chi connectivity index (χ1n) is 12.8. The van der Waals surface area contributed by atoms with Gasteiger partial charge in [0, 0.05) is 37.7 Å². The van der Waals surface area contributed by atoms with E-state index in [1.54, 1.807) is 17.2 Å². The minimum absolute atomic E-state index is 0.153. The van der Waals surface area contributed by atoms with Gasteiger partial charge in [-0.1, -0.05) is 18.2 Å². The first-order chi connectivity index (χ1) is 19.3. The summed E-state index contributed by atoms with van der Waals surface area (Å²) in [5, 5.41) is 17.6. The fraction of sp³-hybridized carbons (Fsp3) is 0.480. The number of aromatic nitrogens is 3. The number of hydrogen-bond acceptors (Lipinski definition) is 8. The van der Waals surface area contributed by atoms with Gasteiger partial charge in [0.05, 0.1) is 11.9 Å². The average molecular weight is 580 g/mol. The number of likely N-dealkylation sites (tertiary alicyclic amines) is 1. The van der Waals surface area contributed by atoms with Crippen LogP contribution in [-0.2, 0) is 20.9 Å². The molecule has 220 valence electrons. The molecule has 4 amide bonds. The lowest BCUT2D eigenvalue weighted by molar-refractivity contribution is -0.192. The summed E-state index contributed by atoms with van der Waals surface area (Å²) in [5.74, 6) is -3.92. The molecule has 2 N–H and O–H groups in total. The molecule has 2 fully saturated rings. The highest BCUT2D eigenvalue weighted by atomic mass is 19.4. The number of carbonyl (C=O) groups excluding carboxylic acids is 4. The van der Waals surface area contributed by atoms with Gasteiger partial charge in [0.2, 0.25) is 11.8 Å². The summed E-state index contributed by atoms with van der Waals surface area (Å²) in [6, 6.07) is 5.02. The fourth-order valence-electron chi connectivity index (χ4n) is 4.88. The molecule has 4 heterocycles. The second-order valence-electron chi connectivity index (χ2n) is 9.86. The zero-order valence-electron chi connectivity index (χ0n) is 22.2. The van der Waals surface area contributed by atoms with E-state index in [1.165, 1.54) is 9.58 Å². The Morgan fingerprint density at radius 3 is 2.54 bits per heavy atom.